The zero-order valence-electron chi connectivity index (χ0n) is 11.4. The average molecular weight is 271 g/mol. The minimum atomic E-state index is -0.0969. The SMILES string of the molecule is CC1(CNC(=O)c2cnn(-c3ccccc3)c2)COC1. The van der Waals surface area contributed by atoms with Gasteiger partial charge in [-0.25, -0.2) is 4.68 Å². The molecule has 0 saturated carbocycles. The molecule has 0 spiro atoms. The van der Waals surface area contributed by atoms with Crippen LogP contribution in [0.15, 0.2) is 42.7 Å². The monoisotopic (exact) mass is 271 g/mol. The highest BCUT2D eigenvalue weighted by Gasteiger charge is 2.33. The first kappa shape index (κ1) is 12.9. The van der Waals surface area contributed by atoms with Gasteiger partial charge < -0.3 is 10.1 Å². The Kier molecular flexibility index (Phi) is 3.28. The van der Waals surface area contributed by atoms with Gasteiger partial charge in [0.25, 0.3) is 5.91 Å². The number of hydrogen-bond donors (Lipinski definition) is 1. The number of rotatable bonds is 4. The van der Waals surface area contributed by atoms with Crippen molar-refractivity contribution in [2.45, 2.75) is 6.92 Å². The molecule has 104 valence electrons. The number of carbonyl (C=O) groups excluding carboxylic acids is 1. The van der Waals surface area contributed by atoms with Crippen LogP contribution >= 0.6 is 0 Å². The van der Waals surface area contributed by atoms with Crippen LogP contribution in [0, 0.1) is 5.41 Å². The van der Waals surface area contributed by atoms with Crippen LogP contribution in [-0.4, -0.2) is 35.4 Å². The smallest absolute Gasteiger partial charge is 0.254 e. The fraction of sp³-hybridized carbons (Fsp3) is 0.333. The van der Waals surface area contributed by atoms with E-state index < -0.39 is 0 Å². The number of nitrogens with zero attached hydrogens (tertiary/aromatic N) is 2. The molecule has 5 heteroatoms. The molecular weight excluding hydrogens is 254 g/mol. The number of ether oxygens (including phenoxy) is 1. The standard InChI is InChI=1S/C15H17N3O2/c1-15(10-20-11-15)9-16-14(19)12-7-17-18(8-12)13-5-3-2-4-6-13/h2-8H,9-11H2,1H3,(H,16,19). The van der Waals surface area contributed by atoms with E-state index in [4.69, 9.17) is 4.74 Å². The minimum Gasteiger partial charge on any atom is -0.380 e. The molecular formula is C15H17N3O2. The van der Waals surface area contributed by atoms with Gasteiger partial charge in [0, 0.05) is 18.2 Å². The van der Waals surface area contributed by atoms with Gasteiger partial charge in [0.2, 0.25) is 0 Å². The normalized spacial score (nSPS) is 16.4. The Bertz CT molecular complexity index is 603. The van der Waals surface area contributed by atoms with Crippen molar-refractivity contribution in [3.8, 4) is 5.69 Å². The van der Waals surface area contributed by atoms with Crippen LogP contribution in [-0.2, 0) is 4.74 Å². The van der Waals surface area contributed by atoms with Crippen molar-refractivity contribution < 1.29 is 9.53 Å². The molecule has 1 aliphatic rings. The number of nitrogens with one attached hydrogen (secondary N) is 1. The Balaban J connectivity index is 1.66. The van der Waals surface area contributed by atoms with E-state index in [0.717, 1.165) is 5.69 Å². The predicted octanol–water partition coefficient (Wildman–Crippen LogP) is 1.64. The minimum absolute atomic E-state index is 0.0745. The Hall–Kier alpha value is -2.14. The second-order valence-electron chi connectivity index (χ2n) is 5.50. The number of para-hydroxylation sites is 1. The Morgan fingerprint density at radius 3 is 2.80 bits per heavy atom. The molecule has 1 aromatic heterocycles. The van der Waals surface area contributed by atoms with E-state index in [1.807, 2.05) is 30.3 Å². The van der Waals surface area contributed by atoms with Crippen molar-refractivity contribution in [3.63, 3.8) is 0 Å². The number of hydrogen-bond acceptors (Lipinski definition) is 3. The van der Waals surface area contributed by atoms with Crippen molar-refractivity contribution >= 4 is 5.91 Å². The Morgan fingerprint density at radius 1 is 1.40 bits per heavy atom. The Labute approximate surface area is 117 Å². The molecule has 0 radical (unpaired) electrons. The first-order valence-corrected chi connectivity index (χ1v) is 6.62. The van der Waals surface area contributed by atoms with E-state index in [0.29, 0.717) is 25.3 Å². The largest absolute Gasteiger partial charge is 0.380 e. The molecule has 2 heterocycles. The van der Waals surface area contributed by atoms with Gasteiger partial charge in [-0.1, -0.05) is 25.1 Å². The molecule has 1 fully saturated rings. The third kappa shape index (κ3) is 2.58. The summed E-state index contributed by atoms with van der Waals surface area (Å²) in [6.45, 7) is 4.14. The second kappa shape index (κ2) is 5.09. The van der Waals surface area contributed by atoms with E-state index in [1.54, 1.807) is 17.1 Å². The van der Waals surface area contributed by atoms with Gasteiger partial charge in [0.15, 0.2) is 0 Å². The molecule has 1 amide bonds. The molecule has 1 aliphatic heterocycles. The molecule has 0 bridgehead atoms. The highest BCUT2D eigenvalue weighted by atomic mass is 16.5. The molecule has 1 N–H and O–H groups in total. The van der Waals surface area contributed by atoms with Crippen molar-refractivity contribution in [2.75, 3.05) is 19.8 Å². The quantitative estimate of drug-likeness (QED) is 0.919. The zero-order valence-corrected chi connectivity index (χ0v) is 11.4. The van der Waals surface area contributed by atoms with Crippen molar-refractivity contribution in [1.82, 2.24) is 15.1 Å². The summed E-state index contributed by atoms with van der Waals surface area (Å²) in [6.07, 6.45) is 3.33. The first-order valence-electron chi connectivity index (χ1n) is 6.62. The van der Waals surface area contributed by atoms with E-state index in [2.05, 4.69) is 17.3 Å². The maximum atomic E-state index is 12.1. The highest BCUT2D eigenvalue weighted by molar-refractivity contribution is 5.93. The summed E-state index contributed by atoms with van der Waals surface area (Å²) in [6, 6.07) is 9.72. The van der Waals surface area contributed by atoms with E-state index in [-0.39, 0.29) is 11.3 Å². The fourth-order valence-electron chi connectivity index (χ4n) is 2.11. The summed E-state index contributed by atoms with van der Waals surface area (Å²) in [5.41, 5.74) is 1.58. The van der Waals surface area contributed by atoms with Crippen LogP contribution in [0.2, 0.25) is 0 Å². The van der Waals surface area contributed by atoms with Crippen LogP contribution < -0.4 is 5.32 Å². The number of carbonyl (C=O) groups is 1. The second-order valence-corrected chi connectivity index (χ2v) is 5.50. The summed E-state index contributed by atoms with van der Waals surface area (Å²) >= 11 is 0. The summed E-state index contributed by atoms with van der Waals surface area (Å²) in [5, 5.41) is 7.15. The van der Waals surface area contributed by atoms with Crippen LogP contribution in [0.4, 0.5) is 0 Å². The maximum Gasteiger partial charge on any atom is 0.254 e. The maximum absolute atomic E-state index is 12.1. The van der Waals surface area contributed by atoms with E-state index in [1.165, 1.54) is 0 Å². The summed E-state index contributed by atoms with van der Waals surface area (Å²) in [4.78, 5) is 12.1. The van der Waals surface area contributed by atoms with Gasteiger partial charge in [0.1, 0.15) is 0 Å². The van der Waals surface area contributed by atoms with Gasteiger partial charge in [-0.15, -0.1) is 0 Å². The van der Waals surface area contributed by atoms with Gasteiger partial charge in [-0.2, -0.15) is 5.10 Å². The third-order valence-corrected chi connectivity index (χ3v) is 3.44. The van der Waals surface area contributed by atoms with Crippen molar-refractivity contribution in [3.05, 3.63) is 48.3 Å². The number of aromatic nitrogens is 2. The lowest BCUT2D eigenvalue weighted by Gasteiger charge is -2.37. The molecule has 1 aromatic carbocycles. The molecule has 0 atom stereocenters. The summed E-state index contributed by atoms with van der Waals surface area (Å²) in [5.74, 6) is -0.0969. The van der Waals surface area contributed by atoms with Crippen LogP contribution in [0.5, 0.6) is 0 Å². The summed E-state index contributed by atoms with van der Waals surface area (Å²) < 4.78 is 6.87. The molecule has 20 heavy (non-hydrogen) atoms. The van der Waals surface area contributed by atoms with Crippen LogP contribution in [0.25, 0.3) is 5.69 Å². The lowest BCUT2D eigenvalue weighted by Crippen LogP contribution is -2.48. The van der Waals surface area contributed by atoms with Crippen LogP contribution in [0.3, 0.4) is 0 Å². The van der Waals surface area contributed by atoms with E-state index >= 15 is 0 Å². The van der Waals surface area contributed by atoms with Crippen molar-refractivity contribution in [1.29, 1.82) is 0 Å². The summed E-state index contributed by atoms with van der Waals surface area (Å²) in [7, 11) is 0. The Morgan fingerprint density at radius 2 is 2.15 bits per heavy atom. The lowest BCUT2D eigenvalue weighted by molar-refractivity contribution is -0.0978. The molecule has 0 unspecified atom stereocenters. The highest BCUT2D eigenvalue weighted by Crippen LogP contribution is 2.25. The van der Waals surface area contributed by atoms with E-state index in [9.17, 15) is 4.79 Å². The number of amides is 1. The lowest BCUT2D eigenvalue weighted by atomic mass is 9.89. The van der Waals surface area contributed by atoms with Gasteiger partial charge >= 0.3 is 0 Å². The topological polar surface area (TPSA) is 56.2 Å². The molecule has 0 aliphatic carbocycles. The molecule has 3 rings (SSSR count). The number of benzene rings is 1. The van der Waals surface area contributed by atoms with Crippen LogP contribution in [0.1, 0.15) is 17.3 Å². The van der Waals surface area contributed by atoms with Gasteiger partial charge in [-0.05, 0) is 12.1 Å². The van der Waals surface area contributed by atoms with Gasteiger partial charge in [-0.3, -0.25) is 4.79 Å². The van der Waals surface area contributed by atoms with Gasteiger partial charge in [0.05, 0.1) is 30.7 Å². The molecule has 1 saturated heterocycles. The zero-order chi connectivity index (χ0) is 14.0. The predicted molar refractivity (Wildman–Crippen MR) is 74.8 cm³/mol. The fourth-order valence-corrected chi connectivity index (χ4v) is 2.11. The first-order chi connectivity index (χ1) is 9.66. The third-order valence-electron chi connectivity index (χ3n) is 3.44. The average Bonchev–Trinajstić information content (AvgIpc) is 2.93. The molecule has 2 aromatic rings. The van der Waals surface area contributed by atoms with Crippen molar-refractivity contribution in [2.24, 2.45) is 5.41 Å². The molecule has 5 nitrogen and oxygen atoms in total.